The van der Waals surface area contributed by atoms with Gasteiger partial charge in [-0.3, -0.25) is 19.2 Å². The number of aromatic carboxylic acids is 2. The van der Waals surface area contributed by atoms with Gasteiger partial charge in [0.05, 0.1) is 70.2 Å². The zero-order valence-corrected chi connectivity index (χ0v) is 37.9. The highest BCUT2D eigenvalue weighted by Gasteiger charge is 2.30. The van der Waals surface area contributed by atoms with E-state index in [-0.39, 0.29) is 99.4 Å². The average molecular weight is 911 g/mol. The minimum atomic E-state index is -1.13. The van der Waals surface area contributed by atoms with E-state index in [1.54, 1.807) is 13.8 Å². The van der Waals surface area contributed by atoms with Crippen molar-refractivity contribution in [2.45, 2.75) is 124 Å². The number of aliphatic hydroxyl groups excluding tert-OH is 7. The fourth-order valence-electron chi connectivity index (χ4n) is 4.88. The van der Waals surface area contributed by atoms with Gasteiger partial charge in [-0.05, 0) is 76.0 Å². The molecule has 19 heteroatoms. The Morgan fingerprint density at radius 1 is 0.540 bits per heavy atom. The second-order valence-electron chi connectivity index (χ2n) is 15.5. The summed E-state index contributed by atoms with van der Waals surface area (Å²) in [7, 11) is 2.80. The van der Waals surface area contributed by atoms with Crippen LogP contribution in [0.4, 0.5) is 0 Å². The van der Waals surface area contributed by atoms with E-state index in [1.165, 1.54) is 32.4 Å². The number of carbonyl (C=O) groups excluding carboxylic acids is 2. The maximum atomic E-state index is 11.2. The summed E-state index contributed by atoms with van der Waals surface area (Å²) < 4.78 is 9.31. The lowest BCUT2D eigenvalue weighted by molar-refractivity contribution is -0.151. The molecule has 11 N–H and O–H groups in total. The number of hydrogen-bond donors (Lipinski definition) is 11. The van der Waals surface area contributed by atoms with Crippen molar-refractivity contribution < 1.29 is 94.4 Å². The molecule has 2 rings (SSSR count). The fraction of sp³-hybridized carbons (Fsp3) is 0.727. The Morgan fingerprint density at radius 3 is 1.06 bits per heavy atom. The summed E-state index contributed by atoms with van der Waals surface area (Å²) in [6.07, 6.45) is 11.9. The molecule has 0 radical (unpaired) electrons. The van der Waals surface area contributed by atoms with Crippen molar-refractivity contribution in [3.8, 4) is 0 Å². The van der Waals surface area contributed by atoms with E-state index in [9.17, 15) is 28.8 Å². The van der Waals surface area contributed by atoms with E-state index in [4.69, 9.17) is 56.2 Å². The first-order valence-electron chi connectivity index (χ1n) is 21.1. The normalized spacial score (nSPS) is 14.0. The number of rotatable bonds is 23. The minimum absolute atomic E-state index is 0.0186. The number of methoxy groups -OCH3 is 2. The summed E-state index contributed by atoms with van der Waals surface area (Å²) in [5, 5.41) is 93.1. The quantitative estimate of drug-likeness (QED) is 0.0546. The van der Waals surface area contributed by atoms with E-state index >= 15 is 0 Å². The van der Waals surface area contributed by atoms with Crippen LogP contribution in [-0.2, 0) is 28.7 Å². The summed E-state index contributed by atoms with van der Waals surface area (Å²) >= 11 is 0. The van der Waals surface area contributed by atoms with Gasteiger partial charge in [0.25, 0.3) is 0 Å². The Labute approximate surface area is 371 Å². The fourth-order valence-corrected chi connectivity index (χ4v) is 4.88. The molecule has 1 fully saturated rings. The molecule has 1 aromatic carbocycles. The van der Waals surface area contributed by atoms with Crippen molar-refractivity contribution in [2.24, 2.45) is 22.7 Å². The van der Waals surface area contributed by atoms with E-state index in [1.807, 2.05) is 6.92 Å². The molecule has 19 nitrogen and oxygen atoms in total. The van der Waals surface area contributed by atoms with Crippen molar-refractivity contribution in [2.75, 3.05) is 60.5 Å². The molecule has 368 valence electrons. The number of carboxylic acids is 4. The van der Waals surface area contributed by atoms with Gasteiger partial charge < -0.3 is 65.6 Å². The molecular formula is C44H78O19. The number of aliphatic hydroxyl groups is 7. The highest BCUT2D eigenvalue weighted by molar-refractivity contribution is 5.93. The number of unbranched alkanes of at least 4 members (excludes halogenated alkanes) is 7. The van der Waals surface area contributed by atoms with Crippen molar-refractivity contribution >= 4 is 35.8 Å². The smallest absolute Gasteiger partial charge is 0.335 e. The van der Waals surface area contributed by atoms with Crippen LogP contribution in [-0.4, -0.2) is 152 Å². The third-order valence-corrected chi connectivity index (χ3v) is 9.61. The highest BCUT2D eigenvalue weighted by atomic mass is 16.5. The number of hydrogen-bond acceptors (Lipinski definition) is 15. The number of benzene rings is 1. The van der Waals surface area contributed by atoms with E-state index in [0.29, 0.717) is 19.3 Å². The van der Waals surface area contributed by atoms with E-state index in [0.717, 1.165) is 76.7 Å². The maximum Gasteiger partial charge on any atom is 0.335 e. The van der Waals surface area contributed by atoms with E-state index < -0.39 is 29.3 Å². The van der Waals surface area contributed by atoms with Crippen molar-refractivity contribution in [3.05, 3.63) is 35.4 Å². The van der Waals surface area contributed by atoms with Crippen LogP contribution in [0.3, 0.4) is 0 Å². The number of ether oxygens (including phenoxy) is 2. The van der Waals surface area contributed by atoms with Crippen LogP contribution in [0.25, 0.3) is 0 Å². The summed E-state index contributed by atoms with van der Waals surface area (Å²) in [5.74, 6) is -4.14. The van der Waals surface area contributed by atoms with Gasteiger partial charge in [-0.15, -0.1) is 0 Å². The lowest BCUT2D eigenvalue weighted by atomic mass is 9.82. The largest absolute Gasteiger partial charge is 0.481 e. The second kappa shape index (κ2) is 41.8. The molecule has 0 amide bonds. The molecule has 1 aliphatic rings. The van der Waals surface area contributed by atoms with Gasteiger partial charge in [0.1, 0.15) is 0 Å². The van der Waals surface area contributed by atoms with Crippen LogP contribution in [0.5, 0.6) is 0 Å². The Kier molecular flexibility index (Phi) is 43.3. The van der Waals surface area contributed by atoms with Crippen LogP contribution in [0.15, 0.2) is 24.3 Å². The predicted octanol–water partition coefficient (Wildman–Crippen LogP) is 4.00. The molecule has 1 aliphatic carbocycles. The third kappa shape index (κ3) is 38.0. The van der Waals surface area contributed by atoms with E-state index in [2.05, 4.69) is 9.47 Å². The molecule has 0 saturated heterocycles. The summed E-state index contributed by atoms with van der Waals surface area (Å²) in [6.45, 7) is 5.61. The topological polar surface area (TPSA) is 343 Å². The van der Waals surface area contributed by atoms with Gasteiger partial charge in [-0.2, -0.15) is 0 Å². The Hall–Kier alpha value is -4.24. The lowest BCUT2D eigenvalue weighted by Crippen LogP contribution is -2.32. The van der Waals surface area contributed by atoms with Gasteiger partial charge >= 0.3 is 35.8 Å². The molecule has 1 saturated carbocycles. The first-order chi connectivity index (χ1) is 29.7. The van der Waals surface area contributed by atoms with Gasteiger partial charge in [-0.25, -0.2) is 9.59 Å². The van der Waals surface area contributed by atoms with Crippen LogP contribution in [0.2, 0.25) is 0 Å². The number of carbonyl (C=O) groups is 6. The summed E-state index contributed by atoms with van der Waals surface area (Å²) in [6, 6.07) is 5.20. The van der Waals surface area contributed by atoms with Crippen LogP contribution in [0, 0.1) is 22.7 Å². The Morgan fingerprint density at radius 2 is 0.857 bits per heavy atom. The lowest BCUT2D eigenvalue weighted by Gasteiger charge is -2.24. The Balaban J connectivity index is -0.000000337. The minimum Gasteiger partial charge on any atom is -0.481 e. The first kappa shape index (κ1) is 65.4. The third-order valence-electron chi connectivity index (χ3n) is 9.61. The first-order valence-corrected chi connectivity index (χ1v) is 21.1. The highest BCUT2D eigenvalue weighted by Crippen LogP contribution is 2.30. The molecule has 0 aliphatic heterocycles. The number of carboxylic acid groups (broad SMARTS) is 4. The maximum absolute atomic E-state index is 11.2. The molecule has 0 heterocycles. The zero-order valence-electron chi connectivity index (χ0n) is 37.9. The van der Waals surface area contributed by atoms with Crippen LogP contribution >= 0.6 is 0 Å². The summed E-state index contributed by atoms with van der Waals surface area (Å²) in [5.41, 5.74) is -1.01. The predicted molar refractivity (Wildman–Crippen MR) is 232 cm³/mol. The van der Waals surface area contributed by atoms with Gasteiger partial charge in [0.15, 0.2) is 0 Å². The standard InChI is InChI=1S/C10H16O4.C9H16O4.C8H6O4.C6H14O3.C6H14O2.C5H12O2/c1-13-9(11)7-3-5-8(6-4-7)10(12)14-2;10-8(11)6-4-2-1-3-5-7-9(12)13;9-7(10)5-2-1-3-6(4-5)8(11)12;1-2-6(3-7,4-8)5-9;7-5-3-1-2-4-6-8;1-5(2,3-6)4-7/h7-8H,3-6H2,1-2H3;1-7H2,(H,10,11)(H,12,13);1-4H,(H,9,10)(H,11,12);7-9H,2-5H2,1H3;7-8H,1-6H2;6-7H,3-4H2,1-2H3. The molecule has 1 aromatic rings. The molecule has 0 unspecified atom stereocenters. The molecule has 63 heavy (non-hydrogen) atoms. The van der Waals surface area contributed by atoms with Crippen molar-refractivity contribution in [1.29, 1.82) is 0 Å². The number of aliphatic carboxylic acids is 2. The van der Waals surface area contributed by atoms with Crippen molar-refractivity contribution in [1.82, 2.24) is 0 Å². The average Bonchev–Trinajstić information content (AvgIpc) is 3.29. The van der Waals surface area contributed by atoms with Crippen molar-refractivity contribution in [3.63, 3.8) is 0 Å². The van der Waals surface area contributed by atoms with Gasteiger partial charge in [-0.1, -0.05) is 58.9 Å². The molecule has 0 aromatic heterocycles. The Bertz CT molecular complexity index is 1240. The molecule has 0 spiro atoms. The summed E-state index contributed by atoms with van der Waals surface area (Å²) in [4.78, 5) is 63.3. The molecule has 0 atom stereocenters. The monoisotopic (exact) mass is 911 g/mol. The second-order valence-corrected chi connectivity index (χ2v) is 15.5. The zero-order chi connectivity index (χ0) is 49.3. The van der Waals surface area contributed by atoms with Crippen LogP contribution in [0.1, 0.15) is 144 Å². The van der Waals surface area contributed by atoms with Crippen LogP contribution < -0.4 is 0 Å². The van der Waals surface area contributed by atoms with Gasteiger partial charge in [0.2, 0.25) is 0 Å². The van der Waals surface area contributed by atoms with Gasteiger partial charge in [0, 0.05) is 36.9 Å². The molecule has 0 bridgehead atoms. The SMILES string of the molecule is CC(C)(CO)CO.CCC(CO)(CO)CO.COC(=O)C1CCC(C(=O)OC)CC1.O=C(O)CCCCCCCC(=O)O.O=C(O)c1cccc(C(=O)O)c1.OCCCCCCO. The molecular weight excluding hydrogens is 832 g/mol. The number of esters is 2.